The van der Waals surface area contributed by atoms with Gasteiger partial charge in [0.15, 0.2) is 5.71 Å². The summed E-state index contributed by atoms with van der Waals surface area (Å²) in [5, 5.41) is 6.41. The van der Waals surface area contributed by atoms with E-state index in [1.54, 1.807) is 0 Å². The van der Waals surface area contributed by atoms with Crippen LogP contribution in [-0.4, -0.2) is 42.9 Å². The predicted octanol–water partition coefficient (Wildman–Crippen LogP) is 10.7. The summed E-state index contributed by atoms with van der Waals surface area (Å²) in [7, 11) is -8.50. The van der Waals surface area contributed by atoms with E-state index >= 15 is 0 Å². The zero-order valence-corrected chi connectivity index (χ0v) is 28.3. The Labute approximate surface area is 271 Å². The molecule has 0 saturated heterocycles. The summed E-state index contributed by atoms with van der Waals surface area (Å²) >= 11 is 0. The molecule has 2 heterocycles. The third-order valence-corrected chi connectivity index (χ3v) is 8.35. The van der Waals surface area contributed by atoms with Gasteiger partial charge in [0.25, 0.3) is 0 Å². The molecular weight excluding hydrogens is 641 g/mol. The first-order chi connectivity index (χ1) is 21.6. The Morgan fingerprint density at radius 1 is 0.936 bits per heavy atom. The second-order valence-corrected chi connectivity index (χ2v) is 14.6. The number of hydrogen-bond donors (Lipinski definition) is 1. The predicted molar refractivity (Wildman–Crippen MR) is 178 cm³/mol. The van der Waals surface area contributed by atoms with Crippen LogP contribution in [-0.2, 0) is 15.6 Å². The number of unbranched alkanes of at least 4 members (excludes halogenated alkanes) is 2. The molecule has 0 spiro atoms. The van der Waals surface area contributed by atoms with E-state index in [-0.39, 0.29) is 16.7 Å². The molecule has 0 radical (unpaired) electrons. The van der Waals surface area contributed by atoms with Crippen LogP contribution in [0.3, 0.4) is 0 Å². The molecule has 0 aliphatic carbocycles. The number of para-hydroxylation sites is 2. The first-order valence-electron chi connectivity index (χ1n) is 15.4. The molecule has 0 aromatic heterocycles. The van der Waals surface area contributed by atoms with Gasteiger partial charge in [0.1, 0.15) is 7.05 Å². The maximum absolute atomic E-state index is 12.1. The second-order valence-electron chi connectivity index (χ2n) is 12.7. The summed E-state index contributed by atoms with van der Waals surface area (Å²) in [5.74, 6) is 0.0683. The Morgan fingerprint density at radius 3 is 2.19 bits per heavy atom. The molecule has 0 atom stereocenters. The fourth-order valence-corrected chi connectivity index (χ4v) is 6.16. The van der Waals surface area contributed by atoms with Crippen molar-refractivity contribution in [3.05, 3.63) is 94.0 Å². The van der Waals surface area contributed by atoms with E-state index in [0.29, 0.717) is 25.9 Å². The molecule has 2 aliphatic rings. The van der Waals surface area contributed by atoms with Crippen LogP contribution in [0, 0.1) is 0 Å². The molecule has 4 rings (SSSR count). The van der Waals surface area contributed by atoms with Gasteiger partial charge in [-0.3, -0.25) is 4.79 Å². The molecule has 14 heteroatoms. The quantitative estimate of drug-likeness (QED) is 0.0459. The van der Waals surface area contributed by atoms with Crippen LogP contribution >= 0.6 is 7.81 Å². The van der Waals surface area contributed by atoms with Crippen LogP contribution in [0.1, 0.15) is 70.9 Å². The Bertz CT molecular complexity index is 1600. The van der Waals surface area contributed by atoms with Gasteiger partial charge >= 0.3 is 33.0 Å². The average Bonchev–Trinajstić information content (AvgIpc) is 3.30. The van der Waals surface area contributed by atoms with E-state index in [1.165, 1.54) is 33.9 Å². The molecule has 0 saturated carbocycles. The third kappa shape index (κ3) is 10.9. The van der Waals surface area contributed by atoms with Crippen molar-refractivity contribution in [2.75, 3.05) is 31.6 Å². The van der Waals surface area contributed by atoms with Crippen molar-refractivity contribution in [3.63, 3.8) is 0 Å². The van der Waals surface area contributed by atoms with E-state index in [4.69, 9.17) is 5.53 Å². The molecule has 2 aromatic carbocycles. The van der Waals surface area contributed by atoms with E-state index in [1.807, 2.05) is 0 Å². The Balaban J connectivity index is 0.000000771. The number of hydrogen-bond acceptors (Lipinski definition) is 3. The maximum atomic E-state index is 12.1. The molecule has 7 nitrogen and oxygen atoms in total. The number of rotatable bonds is 12. The summed E-state index contributed by atoms with van der Waals surface area (Å²) in [4.78, 5) is 17.3. The zero-order valence-electron chi connectivity index (χ0n) is 27.4. The molecule has 2 aliphatic heterocycles. The number of allylic oxidation sites excluding steroid dienone is 4. The van der Waals surface area contributed by atoms with Crippen molar-refractivity contribution in [2.45, 2.75) is 70.6 Å². The molecule has 1 amide bonds. The van der Waals surface area contributed by atoms with Crippen molar-refractivity contribution >= 4 is 30.8 Å². The van der Waals surface area contributed by atoms with Gasteiger partial charge in [0.05, 0.1) is 5.41 Å². The van der Waals surface area contributed by atoms with E-state index in [0.717, 1.165) is 25.8 Å². The number of nitrogens with one attached hydrogen (secondary N) is 1. The van der Waals surface area contributed by atoms with Crippen molar-refractivity contribution in [3.8, 4) is 0 Å². The molecule has 47 heavy (non-hydrogen) atoms. The Kier molecular flexibility index (Phi) is 11.0. The molecule has 0 unspecified atom stereocenters. The first kappa shape index (κ1) is 37.6. The van der Waals surface area contributed by atoms with Gasteiger partial charge in [0.2, 0.25) is 11.6 Å². The molecule has 1 N–H and O–H groups in total. The van der Waals surface area contributed by atoms with Gasteiger partial charge in [-0.1, -0.05) is 67.9 Å². The molecule has 0 bridgehead atoms. The van der Waals surface area contributed by atoms with E-state index in [9.17, 15) is 30.0 Å². The summed E-state index contributed by atoms with van der Waals surface area (Å²) in [6, 6.07) is 17.4. The van der Waals surface area contributed by atoms with Crippen molar-refractivity contribution in [2.24, 2.45) is 5.11 Å². The van der Waals surface area contributed by atoms with Gasteiger partial charge in [0, 0.05) is 65.5 Å². The first-order valence-corrected chi connectivity index (χ1v) is 17.5. The van der Waals surface area contributed by atoms with Crippen molar-refractivity contribution in [1.82, 2.24) is 5.32 Å². The Morgan fingerprint density at radius 2 is 1.55 bits per heavy atom. The normalized spacial score (nSPS) is 18.5. The molecule has 258 valence electrons. The molecule has 0 fully saturated rings. The SMILES string of the molecule is C[N+]1=C(C=CC=C2N(CCCCCC(=O)NCCCN=[N+]=[N-])c3ccccc3C2(C)C)C(C)(C)c2ccccc21.F[P-](F)(F)(F)(F)F. The van der Waals surface area contributed by atoms with Gasteiger partial charge in [-0.25, -0.2) is 0 Å². The average molecular weight is 685 g/mol. The number of halogens is 6. The van der Waals surface area contributed by atoms with E-state index in [2.05, 4.69) is 126 Å². The number of fused-ring (bicyclic) bond motifs is 2. The number of azide groups is 1. The minimum atomic E-state index is -10.7. The number of benzene rings is 2. The summed E-state index contributed by atoms with van der Waals surface area (Å²) in [5.41, 5.74) is 16.0. The second kappa shape index (κ2) is 13.7. The van der Waals surface area contributed by atoms with Gasteiger partial charge < -0.3 is 10.2 Å². The zero-order chi connectivity index (χ0) is 35.2. The number of amides is 1. The number of carbonyl (C=O) groups excluding carboxylic acids is 1. The van der Waals surface area contributed by atoms with Crippen LogP contribution in [0.5, 0.6) is 0 Å². The number of nitrogens with zero attached hydrogens (tertiary/aromatic N) is 5. The van der Waals surface area contributed by atoms with Crippen LogP contribution in [0.2, 0.25) is 0 Å². The van der Waals surface area contributed by atoms with E-state index < -0.39 is 7.81 Å². The summed E-state index contributed by atoms with van der Waals surface area (Å²) in [6.07, 6.45) is 10.9. The molecule has 2 aromatic rings. The minimum absolute atomic E-state index is 0.0505. The molecular formula is C33H43F6N6OP. The van der Waals surface area contributed by atoms with Crippen LogP contribution in [0.15, 0.2) is 77.6 Å². The van der Waals surface area contributed by atoms with Crippen LogP contribution in [0.25, 0.3) is 10.4 Å². The monoisotopic (exact) mass is 684 g/mol. The van der Waals surface area contributed by atoms with Gasteiger partial charge in [-0.15, -0.1) is 0 Å². The fraction of sp³-hybridized carbons (Fsp3) is 0.455. The number of anilines is 1. The number of carbonyl (C=O) groups is 1. The third-order valence-electron chi connectivity index (χ3n) is 8.35. The fourth-order valence-electron chi connectivity index (χ4n) is 6.16. The van der Waals surface area contributed by atoms with Gasteiger partial charge in [-0.05, 0) is 56.3 Å². The Hall–Kier alpha value is -3.82. The van der Waals surface area contributed by atoms with Crippen molar-refractivity contribution < 1.29 is 34.6 Å². The summed E-state index contributed by atoms with van der Waals surface area (Å²) < 4.78 is 61.5. The van der Waals surface area contributed by atoms with Crippen LogP contribution in [0.4, 0.5) is 36.6 Å². The van der Waals surface area contributed by atoms with Crippen LogP contribution < -0.4 is 10.2 Å². The standard InChI is InChI=1S/C33H42N6O.F6P/c1-32(2)25-15-8-10-17-27(25)38(5)29(32)19-13-20-30-33(3,4)26-16-9-11-18-28(26)39(30)24-12-6-7-21-31(40)35-22-14-23-36-37-34;1-7(2,3,4,5)6/h8-11,13,15-20H,6-7,12,14,21-24H2,1-5H3;/q;-1/p+1. The topological polar surface area (TPSA) is 84.1 Å². The van der Waals surface area contributed by atoms with Gasteiger partial charge in [-0.2, -0.15) is 4.58 Å². The summed E-state index contributed by atoms with van der Waals surface area (Å²) in [6.45, 7) is 11.1. The van der Waals surface area contributed by atoms with Crippen molar-refractivity contribution in [1.29, 1.82) is 0 Å².